The molecule has 60 valence electrons. The van der Waals surface area contributed by atoms with E-state index in [-0.39, 0.29) is 0 Å². The molecule has 1 aromatic carbocycles. The van der Waals surface area contributed by atoms with Crippen LogP contribution in [0.4, 0.5) is 5.69 Å². The standard InChI is InChI=1S/C10H9NO/c1-8-4-2-6-10(11)9(8)5-3-7-12/h2,4,6-7H,11H2,1H3. The number of nitrogens with two attached hydrogens (primary N) is 1. The van der Waals surface area contributed by atoms with Crippen LogP contribution in [-0.2, 0) is 4.79 Å². The molecule has 0 aliphatic carbocycles. The van der Waals surface area contributed by atoms with Crippen molar-refractivity contribution in [3.05, 3.63) is 29.3 Å². The molecule has 0 saturated carbocycles. The first-order chi connectivity index (χ1) is 5.75. The third-order valence-corrected chi connectivity index (χ3v) is 1.56. The molecule has 0 unspecified atom stereocenters. The Labute approximate surface area is 71.4 Å². The van der Waals surface area contributed by atoms with Crippen molar-refractivity contribution in [2.75, 3.05) is 5.73 Å². The van der Waals surface area contributed by atoms with E-state index in [0.717, 1.165) is 11.1 Å². The zero-order valence-corrected chi connectivity index (χ0v) is 6.79. The van der Waals surface area contributed by atoms with Gasteiger partial charge in [-0.2, -0.15) is 0 Å². The Kier molecular flexibility index (Phi) is 2.49. The molecule has 0 spiro atoms. The second kappa shape index (κ2) is 3.59. The summed E-state index contributed by atoms with van der Waals surface area (Å²) in [5, 5.41) is 0. The zero-order chi connectivity index (χ0) is 8.97. The van der Waals surface area contributed by atoms with Gasteiger partial charge in [-0.15, -0.1) is 0 Å². The van der Waals surface area contributed by atoms with E-state index in [2.05, 4.69) is 11.8 Å². The van der Waals surface area contributed by atoms with Gasteiger partial charge in [0, 0.05) is 5.69 Å². The van der Waals surface area contributed by atoms with Gasteiger partial charge >= 0.3 is 0 Å². The first kappa shape index (κ1) is 8.35. The minimum atomic E-state index is 0.561. The summed E-state index contributed by atoms with van der Waals surface area (Å²) in [6.45, 7) is 1.91. The Morgan fingerprint density at radius 3 is 2.83 bits per heavy atom. The van der Waals surface area contributed by atoms with Crippen LogP contribution in [0.5, 0.6) is 0 Å². The molecule has 0 aliphatic heterocycles. The summed E-state index contributed by atoms with van der Waals surface area (Å²) < 4.78 is 0. The highest BCUT2D eigenvalue weighted by Gasteiger charge is 1.96. The smallest absolute Gasteiger partial charge is 0.193 e. The largest absolute Gasteiger partial charge is 0.398 e. The van der Waals surface area contributed by atoms with Crippen molar-refractivity contribution in [1.29, 1.82) is 0 Å². The monoisotopic (exact) mass is 159 g/mol. The van der Waals surface area contributed by atoms with Gasteiger partial charge in [0.2, 0.25) is 0 Å². The van der Waals surface area contributed by atoms with E-state index in [0.29, 0.717) is 12.0 Å². The SMILES string of the molecule is Cc1cccc(N)c1C#CC=O. The lowest BCUT2D eigenvalue weighted by atomic mass is 10.1. The normalized spacial score (nSPS) is 8.42. The van der Waals surface area contributed by atoms with Gasteiger partial charge in [-0.25, -0.2) is 0 Å². The number of hydrogen-bond donors (Lipinski definition) is 1. The molecule has 0 fully saturated rings. The Morgan fingerprint density at radius 1 is 1.50 bits per heavy atom. The van der Waals surface area contributed by atoms with Crippen molar-refractivity contribution >= 4 is 12.0 Å². The predicted octanol–water partition coefficient (Wildman–Crippen LogP) is 1.13. The molecule has 2 heteroatoms. The summed E-state index contributed by atoms with van der Waals surface area (Å²) in [7, 11) is 0. The molecule has 0 amide bonds. The van der Waals surface area contributed by atoms with Crippen LogP contribution < -0.4 is 5.73 Å². The van der Waals surface area contributed by atoms with Crippen molar-refractivity contribution < 1.29 is 4.79 Å². The Morgan fingerprint density at radius 2 is 2.25 bits per heavy atom. The fraction of sp³-hybridized carbons (Fsp3) is 0.100. The summed E-state index contributed by atoms with van der Waals surface area (Å²) in [4.78, 5) is 9.99. The van der Waals surface area contributed by atoms with Crippen molar-refractivity contribution in [2.45, 2.75) is 6.92 Å². The number of anilines is 1. The lowest BCUT2D eigenvalue weighted by Gasteiger charge is -2.00. The molecule has 1 aromatic rings. The van der Waals surface area contributed by atoms with Crippen molar-refractivity contribution in [3.63, 3.8) is 0 Å². The molecule has 2 N–H and O–H groups in total. The van der Waals surface area contributed by atoms with Crippen molar-refractivity contribution in [1.82, 2.24) is 0 Å². The molecular formula is C10H9NO. The molecule has 0 aromatic heterocycles. The fourth-order valence-corrected chi connectivity index (χ4v) is 0.963. The van der Waals surface area contributed by atoms with E-state index < -0.39 is 0 Å². The van der Waals surface area contributed by atoms with Crippen LogP contribution in [0.25, 0.3) is 0 Å². The predicted molar refractivity (Wildman–Crippen MR) is 48.5 cm³/mol. The lowest BCUT2D eigenvalue weighted by Crippen LogP contribution is -1.92. The quantitative estimate of drug-likeness (QED) is 0.350. The molecular weight excluding hydrogens is 150 g/mol. The summed E-state index contributed by atoms with van der Waals surface area (Å²) in [6.07, 6.45) is 0.561. The number of benzene rings is 1. The molecule has 2 nitrogen and oxygen atoms in total. The second-order valence-corrected chi connectivity index (χ2v) is 2.43. The number of carbonyl (C=O) groups is 1. The number of carbonyl (C=O) groups excluding carboxylic acids is 1. The summed E-state index contributed by atoms with van der Waals surface area (Å²) >= 11 is 0. The van der Waals surface area contributed by atoms with E-state index >= 15 is 0 Å². The van der Waals surface area contributed by atoms with Gasteiger partial charge in [0.05, 0.1) is 5.56 Å². The second-order valence-electron chi connectivity index (χ2n) is 2.43. The first-order valence-electron chi connectivity index (χ1n) is 3.56. The molecule has 0 heterocycles. The van der Waals surface area contributed by atoms with E-state index in [9.17, 15) is 4.79 Å². The number of aryl methyl sites for hydroxylation is 1. The average Bonchev–Trinajstić information content (AvgIpc) is 2.04. The first-order valence-corrected chi connectivity index (χ1v) is 3.56. The third-order valence-electron chi connectivity index (χ3n) is 1.56. The van der Waals surface area contributed by atoms with Crippen LogP contribution >= 0.6 is 0 Å². The van der Waals surface area contributed by atoms with E-state index in [1.807, 2.05) is 19.1 Å². The summed E-state index contributed by atoms with van der Waals surface area (Å²) in [5.41, 5.74) is 7.99. The molecule has 1 rings (SSSR count). The fourth-order valence-electron chi connectivity index (χ4n) is 0.963. The van der Waals surface area contributed by atoms with Crippen LogP contribution in [0, 0.1) is 18.8 Å². The zero-order valence-electron chi connectivity index (χ0n) is 6.79. The van der Waals surface area contributed by atoms with E-state index in [1.54, 1.807) is 6.07 Å². The molecule has 0 aliphatic rings. The minimum absolute atomic E-state index is 0.561. The number of hydrogen-bond acceptors (Lipinski definition) is 2. The highest BCUT2D eigenvalue weighted by molar-refractivity contribution is 5.75. The van der Waals surface area contributed by atoms with Gasteiger partial charge in [-0.3, -0.25) is 4.79 Å². The molecule has 0 bridgehead atoms. The number of rotatable bonds is 0. The highest BCUT2D eigenvalue weighted by atomic mass is 16.1. The van der Waals surface area contributed by atoms with Crippen LogP contribution in [-0.4, -0.2) is 6.29 Å². The van der Waals surface area contributed by atoms with Crippen LogP contribution in [0.2, 0.25) is 0 Å². The molecule has 0 atom stereocenters. The minimum Gasteiger partial charge on any atom is -0.398 e. The van der Waals surface area contributed by atoms with Gasteiger partial charge < -0.3 is 5.73 Å². The Hall–Kier alpha value is -1.75. The van der Waals surface area contributed by atoms with Gasteiger partial charge in [0.25, 0.3) is 0 Å². The van der Waals surface area contributed by atoms with Crippen LogP contribution in [0.15, 0.2) is 18.2 Å². The maximum Gasteiger partial charge on any atom is 0.193 e. The topological polar surface area (TPSA) is 43.1 Å². The lowest BCUT2D eigenvalue weighted by molar-refractivity contribution is -0.103. The van der Waals surface area contributed by atoms with Gasteiger partial charge in [0.1, 0.15) is 0 Å². The maximum atomic E-state index is 9.99. The number of nitrogen functional groups attached to an aromatic ring is 1. The van der Waals surface area contributed by atoms with Gasteiger partial charge in [0.15, 0.2) is 6.29 Å². The molecule has 12 heavy (non-hydrogen) atoms. The van der Waals surface area contributed by atoms with Gasteiger partial charge in [-0.05, 0) is 24.5 Å². The third kappa shape index (κ3) is 1.64. The van der Waals surface area contributed by atoms with Crippen molar-refractivity contribution in [2.24, 2.45) is 0 Å². The highest BCUT2D eigenvalue weighted by Crippen LogP contribution is 2.13. The van der Waals surface area contributed by atoms with Crippen LogP contribution in [0.3, 0.4) is 0 Å². The maximum absolute atomic E-state index is 9.99. The van der Waals surface area contributed by atoms with Crippen molar-refractivity contribution in [3.8, 4) is 11.8 Å². The Balaban J connectivity index is 3.21. The Bertz CT molecular complexity index is 338. The van der Waals surface area contributed by atoms with E-state index in [4.69, 9.17) is 5.73 Å². The molecule has 0 saturated heterocycles. The number of aldehydes is 1. The average molecular weight is 159 g/mol. The van der Waals surface area contributed by atoms with E-state index in [1.165, 1.54) is 0 Å². The summed E-state index contributed by atoms with van der Waals surface area (Å²) in [5.74, 6) is 5.02. The summed E-state index contributed by atoms with van der Waals surface area (Å²) in [6, 6.07) is 5.53. The van der Waals surface area contributed by atoms with Gasteiger partial charge in [-0.1, -0.05) is 18.1 Å². The van der Waals surface area contributed by atoms with Crippen LogP contribution in [0.1, 0.15) is 11.1 Å². The molecule has 0 radical (unpaired) electrons.